The highest BCUT2D eigenvalue weighted by atomic mass is 16.6. The third kappa shape index (κ3) is 2.87. The normalized spacial score (nSPS) is 14.7. The van der Waals surface area contributed by atoms with Crippen LogP contribution in [-0.4, -0.2) is 16.0 Å². The van der Waals surface area contributed by atoms with Gasteiger partial charge in [-0.15, -0.1) is 0 Å². The third-order valence-electron chi connectivity index (χ3n) is 2.77. The van der Waals surface area contributed by atoms with Gasteiger partial charge in [0, 0.05) is 18.3 Å². The molecule has 0 unspecified atom stereocenters. The van der Waals surface area contributed by atoms with Crippen molar-refractivity contribution in [3.05, 3.63) is 36.0 Å². The molecule has 1 aliphatic rings. The SMILES string of the molecule is Cc1ccc(Oc2nc(CNC3CC3)co2)cn1. The van der Waals surface area contributed by atoms with E-state index in [4.69, 9.17) is 9.15 Å². The Kier molecular flexibility index (Phi) is 2.98. The van der Waals surface area contributed by atoms with Gasteiger partial charge >= 0.3 is 6.08 Å². The van der Waals surface area contributed by atoms with Crippen LogP contribution in [0.4, 0.5) is 0 Å². The van der Waals surface area contributed by atoms with Gasteiger partial charge in [-0.3, -0.25) is 4.98 Å². The van der Waals surface area contributed by atoms with Crippen molar-refractivity contribution >= 4 is 0 Å². The van der Waals surface area contributed by atoms with Crippen molar-refractivity contribution in [3.63, 3.8) is 0 Å². The molecule has 2 aromatic heterocycles. The zero-order valence-corrected chi connectivity index (χ0v) is 10.2. The molecule has 94 valence electrons. The van der Waals surface area contributed by atoms with Gasteiger partial charge in [0.2, 0.25) is 0 Å². The summed E-state index contributed by atoms with van der Waals surface area (Å²) >= 11 is 0. The lowest BCUT2D eigenvalue weighted by Gasteiger charge is -1.99. The molecule has 5 heteroatoms. The fraction of sp³-hybridized carbons (Fsp3) is 0.385. The van der Waals surface area contributed by atoms with Gasteiger partial charge in [-0.1, -0.05) is 0 Å². The van der Waals surface area contributed by atoms with Gasteiger partial charge in [0.15, 0.2) is 5.75 Å². The van der Waals surface area contributed by atoms with E-state index in [2.05, 4.69) is 15.3 Å². The van der Waals surface area contributed by atoms with Gasteiger partial charge in [0.05, 0.1) is 11.9 Å². The predicted molar refractivity (Wildman–Crippen MR) is 65.4 cm³/mol. The van der Waals surface area contributed by atoms with Gasteiger partial charge in [0.1, 0.15) is 6.26 Å². The van der Waals surface area contributed by atoms with E-state index in [9.17, 15) is 0 Å². The second kappa shape index (κ2) is 4.78. The van der Waals surface area contributed by atoms with Crippen molar-refractivity contribution in [1.29, 1.82) is 0 Å². The van der Waals surface area contributed by atoms with Gasteiger partial charge in [0.25, 0.3) is 0 Å². The maximum Gasteiger partial charge on any atom is 0.399 e. The maximum atomic E-state index is 5.47. The fourth-order valence-corrected chi connectivity index (χ4v) is 1.57. The van der Waals surface area contributed by atoms with Crippen molar-refractivity contribution in [2.75, 3.05) is 0 Å². The number of oxazole rings is 1. The quantitative estimate of drug-likeness (QED) is 0.876. The minimum Gasteiger partial charge on any atom is -0.417 e. The summed E-state index contributed by atoms with van der Waals surface area (Å²) in [4.78, 5) is 8.39. The Morgan fingerprint density at radius 2 is 2.33 bits per heavy atom. The average Bonchev–Trinajstić information content (AvgIpc) is 3.10. The van der Waals surface area contributed by atoms with E-state index in [1.54, 1.807) is 12.5 Å². The molecule has 1 aliphatic carbocycles. The first-order valence-electron chi connectivity index (χ1n) is 6.08. The maximum absolute atomic E-state index is 5.47. The summed E-state index contributed by atoms with van der Waals surface area (Å²) in [6.45, 7) is 2.65. The van der Waals surface area contributed by atoms with Crippen molar-refractivity contribution in [2.24, 2.45) is 0 Å². The van der Waals surface area contributed by atoms with Crippen molar-refractivity contribution in [2.45, 2.75) is 32.4 Å². The molecule has 2 heterocycles. The van der Waals surface area contributed by atoms with E-state index in [1.807, 2.05) is 19.1 Å². The van der Waals surface area contributed by atoms with Crippen molar-refractivity contribution in [1.82, 2.24) is 15.3 Å². The molecule has 0 radical (unpaired) electrons. The number of aromatic nitrogens is 2. The summed E-state index contributed by atoms with van der Waals surface area (Å²) in [5.41, 5.74) is 1.81. The van der Waals surface area contributed by atoms with E-state index >= 15 is 0 Å². The number of rotatable bonds is 5. The Morgan fingerprint density at radius 3 is 3.06 bits per heavy atom. The van der Waals surface area contributed by atoms with Crippen LogP contribution in [0.1, 0.15) is 24.2 Å². The minimum absolute atomic E-state index is 0.258. The Balaban J connectivity index is 1.60. The molecule has 1 N–H and O–H groups in total. The zero-order chi connectivity index (χ0) is 12.4. The van der Waals surface area contributed by atoms with Gasteiger partial charge in [-0.05, 0) is 31.9 Å². The van der Waals surface area contributed by atoms with Gasteiger partial charge in [-0.2, -0.15) is 4.98 Å². The molecular weight excluding hydrogens is 230 g/mol. The summed E-state index contributed by atoms with van der Waals surface area (Å²) < 4.78 is 10.7. The van der Waals surface area contributed by atoms with E-state index in [0.29, 0.717) is 11.8 Å². The Bertz CT molecular complexity index is 517. The number of nitrogens with one attached hydrogen (secondary N) is 1. The molecule has 0 amide bonds. The molecule has 0 spiro atoms. The molecule has 2 aromatic rings. The Labute approximate surface area is 105 Å². The number of hydrogen-bond donors (Lipinski definition) is 1. The zero-order valence-electron chi connectivity index (χ0n) is 10.2. The molecule has 1 saturated carbocycles. The van der Waals surface area contributed by atoms with Crippen LogP contribution in [0.3, 0.4) is 0 Å². The molecule has 0 aliphatic heterocycles. The van der Waals surface area contributed by atoms with Crippen molar-refractivity contribution in [3.8, 4) is 11.8 Å². The molecule has 3 rings (SSSR count). The molecule has 5 nitrogen and oxygen atoms in total. The van der Waals surface area contributed by atoms with Crippen LogP contribution >= 0.6 is 0 Å². The fourth-order valence-electron chi connectivity index (χ4n) is 1.57. The highest BCUT2D eigenvalue weighted by Crippen LogP contribution is 2.21. The first kappa shape index (κ1) is 11.2. The third-order valence-corrected chi connectivity index (χ3v) is 2.77. The number of pyridine rings is 1. The topological polar surface area (TPSA) is 60.2 Å². The van der Waals surface area contributed by atoms with Crippen LogP contribution in [0.25, 0.3) is 0 Å². The highest BCUT2D eigenvalue weighted by Gasteiger charge is 2.20. The summed E-state index contributed by atoms with van der Waals surface area (Å²) in [6, 6.07) is 4.38. The average molecular weight is 245 g/mol. The lowest BCUT2D eigenvalue weighted by molar-refractivity contribution is 0.329. The van der Waals surface area contributed by atoms with Crippen LogP contribution in [0, 0.1) is 6.92 Å². The first-order chi connectivity index (χ1) is 8.79. The molecule has 0 saturated heterocycles. The van der Waals surface area contributed by atoms with Gasteiger partial charge in [-0.25, -0.2) is 0 Å². The van der Waals surface area contributed by atoms with E-state index < -0.39 is 0 Å². The molecule has 0 bridgehead atoms. The van der Waals surface area contributed by atoms with Crippen LogP contribution in [0.5, 0.6) is 11.8 Å². The minimum atomic E-state index is 0.258. The molecular formula is C13H15N3O2. The summed E-state index contributed by atoms with van der Waals surface area (Å²) in [5, 5.41) is 3.37. The lowest BCUT2D eigenvalue weighted by Crippen LogP contribution is -2.15. The molecule has 0 atom stereocenters. The largest absolute Gasteiger partial charge is 0.417 e. The molecule has 18 heavy (non-hydrogen) atoms. The number of aryl methyl sites for hydroxylation is 1. The summed E-state index contributed by atoms with van der Waals surface area (Å²) in [5.74, 6) is 0.629. The Hall–Kier alpha value is -1.88. The monoisotopic (exact) mass is 245 g/mol. The molecule has 1 fully saturated rings. The first-order valence-corrected chi connectivity index (χ1v) is 6.08. The van der Waals surface area contributed by atoms with Crippen LogP contribution in [0.15, 0.2) is 29.0 Å². The Morgan fingerprint density at radius 1 is 1.44 bits per heavy atom. The van der Waals surface area contributed by atoms with Crippen LogP contribution < -0.4 is 10.1 Å². The van der Waals surface area contributed by atoms with E-state index in [-0.39, 0.29) is 6.08 Å². The molecule has 0 aromatic carbocycles. The van der Waals surface area contributed by atoms with Crippen molar-refractivity contribution < 1.29 is 9.15 Å². The van der Waals surface area contributed by atoms with Crippen LogP contribution in [-0.2, 0) is 6.54 Å². The van der Waals surface area contributed by atoms with Crippen LogP contribution in [0.2, 0.25) is 0 Å². The number of hydrogen-bond acceptors (Lipinski definition) is 5. The van der Waals surface area contributed by atoms with E-state index in [1.165, 1.54) is 12.8 Å². The smallest absolute Gasteiger partial charge is 0.399 e. The highest BCUT2D eigenvalue weighted by molar-refractivity contribution is 5.22. The lowest BCUT2D eigenvalue weighted by atomic mass is 10.4. The van der Waals surface area contributed by atoms with E-state index in [0.717, 1.165) is 17.9 Å². The van der Waals surface area contributed by atoms with Gasteiger partial charge < -0.3 is 14.5 Å². The second-order valence-electron chi connectivity index (χ2n) is 4.50. The number of nitrogens with zero attached hydrogens (tertiary/aromatic N) is 2. The number of ether oxygens (including phenoxy) is 1. The standard InChI is InChI=1S/C13H15N3O2/c1-9-2-5-12(7-14-9)18-13-16-11(8-17-13)6-15-10-3-4-10/h2,5,7-8,10,15H,3-4,6H2,1H3. The summed E-state index contributed by atoms with van der Waals surface area (Å²) in [7, 11) is 0. The predicted octanol–water partition coefficient (Wildman–Crippen LogP) is 2.42. The second-order valence-corrected chi connectivity index (χ2v) is 4.50. The summed E-state index contributed by atoms with van der Waals surface area (Å²) in [6.07, 6.45) is 6.05.